The van der Waals surface area contributed by atoms with Gasteiger partial charge in [0.05, 0.1) is 18.7 Å². The summed E-state index contributed by atoms with van der Waals surface area (Å²) in [5.74, 6) is -0.121. The van der Waals surface area contributed by atoms with Crippen LogP contribution in [0.4, 0.5) is 5.82 Å². The Labute approximate surface area is 163 Å². The summed E-state index contributed by atoms with van der Waals surface area (Å²) in [5, 5.41) is 9.22. The van der Waals surface area contributed by atoms with Crippen LogP contribution in [0.15, 0.2) is 54.7 Å². The van der Waals surface area contributed by atoms with Crippen LogP contribution < -0.4 is 5.32 Å². The number of nitrogens with one attached hydrogen (secondary N) is 1. The van der Waals surface area contributed by atoms with Crippen LogP contribution in [0.5, 0.6) is 0 Å². The third-order valence-corrected chi connectivity index (χ3v) is 5.19. The standard InChI is InChI=1S/C22H23N3O3/c26-21(24-20-12-13-23-25(20)18-9-2-3-10-18)15-28-22(27)14-17-8-5-7-16-6-1-4-11-19(16)17/h1,4-8,11-13,18H,2-3,9-10,14-15H2,(H,24,26). The topological polar surface area (TPSA) is 73.2 Å². The Morgan fingerprint density at radius 3 is 2.71 bits per heavy atom. The number of amides is 1. The van der Waals surface area contributed by atoms with Gasteiger partial charge in [-0.1, -0.05) is 55.3 Å². The second kappa shape index (κ2) is 8.25. The number of rotatable bonds is 6. The van der Waals surface area contributed by atoms with Gasteiger partial charge in [0.2, 0.25) is 0 Å². The monoisotopic (exact) mass is 377 g/mol. The van der Waals surface area contributed by atoms with Crippen LogP contribution in [0.25, 0.3) is 10.8 Å². The van der Waals surface area contributed by atoms with Gasteiger partial charge in [-0.15, -0.1) is 0 Å². The smallest absolute Gasteiger partial charge is 0.310 e. The summed E-state index contributed by atoms with van der Waals surface area (Å²) >= 11 is 0. The van der Waals surface area contributed by atoms with Gasteiger partial charge in [-0.25, -0.2) is 4.68 Å². The number of hydrogen-bond acceptors (Lipinski definition) is 4. The van der Waals surface area contributed by atoms with Crippen molar-refractivity contribution in [1.29, 1.82) is 0 Å². The van der Waals surface area contributed by atoms with Crippen molar-refractivity contribution in [2.75, 3.05) is 11.9 Å². The van der Waals surface area contributed by atoms with Gasteiger partial charge in [-0.05, 0) is 29.2 Å². The lowest BCUT2D eigenvalue weighted by atomic mass is 10.0. The first-order valence-electron chi connectivity index (χ1n) is 9.66. The number of ether oxygens (including phenoxy) is 1. The minimum Gasteiger partial charge on any atom is -0.455 e. The molecular weight excluding hydrogens is 354 g/mol. The van der Waals surface area contributed by atoms with Crippen LogP contribution in [-0.2, 0) is 20.7 Å². The number of esters is 1. The van der Waals surface area contributed by atoms with E-state index in [1.54, 1.807) is 12.3 Å². The highest BCUT2D eigenvalue weighted by Gasteiger charge is 2.20. The van der Waals surface area contributed by atoms with E-state index in [9.17, 15) is 9.59 Å². The third kappa shape index (κ3) is 4.06. The Balaban J connectivity index is 1.32. The minimum absolute atomic E-state index is 0.134. The molecule has 0 unspecified atom stereocenters. The van der Waals surface area contributed by atoms with Crippen molar-refractivity contribution in [2.45, 2.75) is 38.1 Å². The molecule has 0 spiro atoms. The molecule has 1 N–H and O–H groups in total. The van der Waals surface area contributed by atoms with Crippen molar-refractivity contribution in [2.24, 2.45) is 0 Å². The Morgan fingerprint density at radius 2 is 1.86 bits per heavy atom. The molecule has 1 aromatic heterocycles. The normalized spacial score (nSPS) is 14.3. The largest absolute Gasteiger partial charge is 0.455 e. The quantitative estimate of drug-likeness (QED) is 0.662. The van der Waals surface area contributed by atoms with E-state index < -0.39 is 5.97 Å². The molecule has 1 fully saturated rings. The summed E-state index contributed by atoms with van der Waals surface area (Å²) < 4.78 is 7.05. The highest BCUT2D eigenvalue weighted by Crippen LogP contribution is 2.31. The summed E-state index contributed by atoms with van der Waals surface area (Å²) in [6.45, 7) is -0.306. The Hall–Kier alpha value is -3.15. The highest BCUT2D eigenvalue weighted by atomic mass is 16.5. The van der Waals surface area contributed by atoms with E-state index in [-0.39, 0.29) is 18.9 Å². The van der Waals surface area contributed by atoms with Crippen molar-refractivity contribution in [1.82, 2.24) is 9.78 Å². The number of hydrogen-bond donors (Lipinski definition) is 1. The van der Waals surface area contributed by atoms with E-state index in [0.717, 1.165) is 29.2 Å². The summed E-state index contributed by atoms with van der Waals surface area (Å²) in [6.07, 6.45) is 6.33. The highest BCUT2D eigenvalue weighted by molar-refractivity contribution is 5.93. The number of benzene rings is 2. The second-order valence-corrected chi connectivity index (χ2v) is 7.12. The number of aromatic nitrogens is 2. The lowest BCUT2D eigenvalue weighted by Gasteiger charge is -2.14. The maximum absolute atomic E-state index is 12.2. The molecule has 144 valence electrons. The average molecular weight is 377 g/mol. The molecule has 0 atom stereocenters. The first kappa shape index (κ1) is 18.2. The summed E-state index contributed by atoms with van der Waals surface area (Å²) in [4.78, 5) is 24.4. The molecule has 0 saturated heterocycles. The number of anilines is 1. The Kier molecular flexibility index (Phi) is 5.37. The lowest BCUT2D eigenvalue weighted by Crippen LogP contribution is -2.23. The van der Waals surface area contributed by atoms with E-state index in [1.807, 2.05) is 47.1 Å². The zero-order chi connectivity index (χ0) is 19.3. The fourth-order valence-electron chi connectivity index (χ4n) is 3.83. The fraction of sp³-hybridized carbons (Fsp3) is 0.318. The summed E-state index contributed by atoms with van der Waals surface area (Å²) in [6, 6.07) is 15.8. The van der Waals surface area contributed by atoms with Gasteiger partial charge < -0.3 is 10.1 Å². The molecule has 0 radical (unpaired) electrons. The van der Waals surface area contributed by atoms with Crippen LogP contribution in [-0.4, -0.2) is 28.3 Å². The van der Waals surface area contributed by atoms with Gasteiger partial charge in [0, 0.05) is 6.07 Å². The summed E-state index contributed by atoms with van der Waals surface area (Å²) in [7, 11) is 0. The van der Waals surface area contributed by atoms with Gasteiger partial charge in [0.1, 0.15) is 5.82 Å². The van der Waals surface area contributed by atoms with Crippen LogP contribution in [0.1, 0.15) is 37.3 Å². The molecule has 1 saturated carbocycles. The first-order chi connectivity index (χ1) is 13.7. The van der Waals surface area contributed by atoms with Gasteiger partial charge >= 0.3 is 5.97 Å². The molecule has 4 rings (SSSR count). The SMILES string of the molecule is O=C(COC(=O)Cc1cccc2ccccc12)Nc1ccnn1C1CCCC1. The van der Waals surface area contributed by atoms with Crippen LogP contribution >= 0.6 is 0 Å². The van der Waals surface area contributed by atoms with E-state index in [1.165, 1.54) is 12.8 Å². The molecule has 1 amide bonds. The average Bonchev–Trinajstić information content (AvgIpc) is 3.38. The van der Waals surface area contributed by atoms with E-state index in [0.29, 0.717) is 11.9 Å². The molecule has 0 bridgehead atoms. The van der Waals surface area contributed by atoms with Gasteiger partial charge in [0.15, 0.2) is 6.61 Å². The molecule has 6 heteroatoms. The molecular formula is C22H23N3O3. The van der Waals surface area contributed by atoms with Gasteiger partial charge in [-0.3, -0.25) is 9.59 Å². The van der Waals surface area contributed by atoms with Crippen molar-refractivity contribution >= 4 is 28.5 Å². The van der Waals surface area contributed by atoms with E-state index >= 15 is 0 Å². The molecule has 1 aliphatic rings. The Bertz CT molecular complexity index is 984. The molecule has 6 nitrogen and oxygen atoms in total. The summed E-state index contributed by atoms with van der Waals surface area (Å²) in [5.41, 5.74) is 0.891. The number of nitrogens with zero attached hydrogens (tertiary/aromatic N) is 2. The van der Waals surface area contributed by atoms with Gasteiger partial charge in [0.25, 0.3) is 5.91 Å². The minimum atomic E-state index is -0.421. The maximum Gasteiger partial charge on any atom is 0.310 e. The molecule has 0 aliphatic heterocycles. The fourth-order valence-corrected chi connectivity index (χ4v) is 3.83. The van der Waals surface area contributed by atoms with E-state index in [2.05, 4.69) is 10.4 Å². The van der Waals surface area contributed by atoms with E-state index in [4.69, 9.17) is 4.74 Å². The van der Waals surface area contributed by atoms with Gasteiger partial charge in [-0.2, -0.15) is 5.10 Å². The zero-order valence-electron chi connectivity index (χ0n) is 15.6. The Morgan fingerprint density at radius 1 is 1.07 bits per heavy atom. The maximum atomic E-state index is 12.2. The van der Waals surface area contributed by atoms with Crippen LogP contribution in [0.3, 0.4) is 0 Å². The lowest BCUT2D eigenvalue weighted by molar-refractivity contribution is -0.146. The number of carbonyl (C=O) groups is 2. The molecule has 2 aromatic carbocycles. The van der Waals surface area contributed by atoms with Crippen LogP contribution in [0, 0.1) is 0 Å². The first-order valence-corrected chi connectivity index (χ1v) is 9.66. The third-order valence-electron chi connectivity index (χ3n) is 5.19. The van der Waals surface area contributed by atoms with Crippen LogP contribution in [0.2, 0.25) is 0 Å². The molecule has 1 heterocycles. The van der Waals surface area contributed by atoms with Crippen molar-refractivity contribution in [3.8, 4) is 0 Å². The molecule has 28 heavy (non-hydrogen) atoms. The second-order valence-electron chi connectivity index (χ2n) is 7.12. The molecule has 3 aromatic rings. The molecule has 1 aliphatic carbocycles. The predicted molar refractivity (Wildman–Crippen MR) is 107 cm³/mol. The zero-order valence-corrected chi connectivity index (χ0v) is 15.6. The predicted octanol–water partition coefficient (Wildman–Crippen LogP) is 3.88. The van der Waals surface area contributed by atoms with Crippen molar-refractivity contribution in [3.05, 3.63) is 60.3 Å². The van der Waals surface area contributed by atoms with Crippen molar-refractivity contribution in [3.63, 3.8) is 0 Å². The number of carbonyl (C=O) groups excluding carboxylic acids is 2. The van der Waals surface area contributed by atoms with Crippen molar-refractivity contribution < 1.29 is 14.3 Å². The number of fused-ring (bicyclic) bond motifs is 1.